The highest BCUT2D eigenvalue weighted by molar-refractivity contribution is 6.07. The predicted molar refractivity (Wildman–Crippen MR) is 105 cm³/mol. The zero-order chi connectivity index (χ0) is 20.3. The molecular weight excluding hydrogens is 364 g/mol. The Kier molecular flexibility index (Phi) is 5.53. The quantitative estimate of drug-likeness (QED) is 0.810. The number of nitrogens with two attached hydrogens (primary N) is 1. The average Bonchev–Trinajstić information content (AvgIpc) is 2.67. The van der Waals surface area contributed by atoms with E-state index in [1.165, 1.54) is 0 Å². The molecule has 28 heavy (non-hydrogen) atoms. The van der Waals surface area contributed by atoms with Gasteiger partial charge in [0.15, 0.2) is 11.6 Å². The minimum absolute atomic E-state index is 0.128. The standard InChI is InChI=1S/C19H22N4O5/c1-5-27-19(24)22-15-9-14-17(18(20)21-15)23-16(10(2)28-14)11-6-12(25-3)8-13(7-11)26-4/h6-10H,5H2,1-4H3,(H3,20,21,22,24)/t10-/m0/s1. The Labute approximate surface area is 162 Å². The molecule has 0 saturated carbocycles. The second-order valence-corrected chi connectivity index (χ2v) is 5.94. The molecule has 1 amide bonds. The van der Waals surface area contributed by atoms with E-state index in [1.807, 2.05) is 19.1 Å². The molecule has 0 bridgehead atoms. The van der Waals surface area contributed by atoms with Gasteiger partial charge in [-0.15, -0.1) is 0 Å². The highest BCUT2D eigenvalue weighted by Crippen LogP contribution is 2.40. The summed E-state index contributed by atoms with van der Waals surface area (Å²) in [4.78, 5) is 20.4. The van der Waals surface area contributed by atoms with E-state index < -0.39 is 6.09 Å². The molecule has 0 saturated heterocycles. The average molecular weight is 386 g/mol. The van der Waals surface area contributed by atoms with E-state index in [9.17, 15) is 4.79 Å². The molecule has 1 aromatic heterocycles. The number of carbonyl (C=O) groups is 1. The molecule has 9 heteroatoms. The van der Waals surface area contributed by atoms with Crippen molar-refractivity contribution in [1.29, 1.82) is 0 Å². The van der Waals surface area contributed by atoms with Crippen LogP contribution in [-0.2, 0) is 4.74 Å². The maximum Gasteiger partial charge on any atom is 0.412 e. The van der Waals surface area contributed by atoms with Gasteiger partial charge in [0.05, 0.1) is 26.5 Å². The molecule has 1 aromatic carbocycles. The van der Waals surface area contributed by atoms with E-state index in [-0.39, 0.29) is 24.3 Å². The number of nitrogens with zero attached hydrogens (tertiary/aromatic N) is 2. The number of aliphatic imine (C=N–C) groups is 1. The number of rotatable bonds is 5. The smallest absolute Gasteiger partial charge is 0.412 e. The molecule has 3 rings (SSSR count). The number of nitrogens with one attached hydrogen (secondary N) is 1. The molecule has 2 aromatic rings. The third kappa shape index (κ3) is 3.93. The Morgan fingerprint density at radius 3 is 2.50 bits per heavy atom. The van der Waals surface area contributed by atoms with Gasteiger partial charge in [-0.25, -0.2) is 14.8 Å². The molecular formula is C19H22N4O5. The number of hydrogen-bond acceptors (Lipinski definition) is 8. The molecule has 0 radical (unpaired) electrons. The van der Waals surface area contributed by atoms with Gasteiger partial charge in [0.25, 0.3) is 0 Å². The Morgan fingerprint density at radius 1 is 1.21 bits per heavy atom. The van der Waals surface area contributed by atoms with Crippen molar-refractivity contribution in [2.45, 2.75) is 20.0 Å². The van der Waals surface area contributed by atoms with E-state index >= 15 is 0 Å². The topological polar surface area (TPSA) is 117 Å². The molecule has 0 aliphatic carbocycles. The van der Waals surface area contributed by atoms with Crippen LogP contribution in [0.2, 0.25) is 0 Å². The number of anilines is 2. The van der Waals surface area contributed by atoms with Crippen LogP contribution in [0.5, 0.6) is 17.2 Å². The van der Waals surface area contributed by atoms with Crippen molar-refractivity contribution >= 4 is 29.1 Å². The molecule has 0 spiro atoms. The first-order chi connectivity index (χ1) is 13.4. The van der Waals surface area contributed by atoms with Gasteiger partial charge < -0.3 is 24.7 Å². The summed E-state index contributed by atoms with van der Waals surface area (Å²) in [6, 6.07) is 7.01. The van der Waals surface area contributed by atoms with Crippen LogP contribution in [0.15, 0.2) is 29.3 Å². The summed E-state index contributed by atoms with van der Waals surface area (Å²) in [5, 5.41) is 2.51. The highest BCUT2D eigenvalue weighted by Gasteiger charge is 2.26. The third-order valence-electron chi connectivity index (χ3n) is 4.06. The molecule has 0 unspecified atom stereocenters. The number of benzene rings is 1. The fourth-order valence-electron chi connectivity index (χ4n) is 2.78. The number of nitrogen functional groups attached to an aromatic ring is 1. The van der Waals surface area contributed by atoms with Crippen molar-refractivity contribution < 1.29 is 23.7 Å². The molecule has 1 atom stereocenters. The van der Waals surface area contributed by atoms with Crippen LogP contribution in [0.4, 0.5) is 22.1 Å². The zero-order valence-electron chi connectivity index (χ0n) is 16.1. The maximum atomic E-state index is 11.6. The van der Waals surface area contributed by atoms with Crippen LogP contribution in [0.25, 0.3) is 0 Å². The first-order valence-corrected chi connectivity index (χ1v) is 8.68. The van der Waals surface area contributed by atoms with Crippen molar-refractivity contribution in [3.8, 4) is 17.2 Å². The number of hydrogen-bond donors (Lipinski definition) is 2. The first-order valence-electron chi connectivity index (χ1n) is 8.68. The Balaban J connectivity index is 2.00. The Morgan fingerprint density at radius 2 is 1.89 bits per heavy atom. The van der Waals surface area contributed by atoms with Crippen LogP contribution in [0, 0.1) is 0 Å². The second kappa shape index (κ2) is 8.03. The van der Waals surface area contributed by atoms with Gasteiger partial charge in [0, 0.05) is 17.7 Å². The number of pyridine rings is 1. The van der Waals surface area contributed by atoms with Crippen molar-refractivity contribution in [2.24, 2.45) is 4.99 Å². The fraction of sp³-hybridized carbons (Fsp3) is 0.316. The molecule has 1 aliphatic heterocycles. The lowest BCUT2D eigenvalue weighted by Gasteiger charge is -2.25. The summed E-state index contributed by atoms with van der Waals surface area (Å²) in [6.45, 7) is 3.82. The van der Waals surface area contributed by atoms with E-state index in [0.29, 0.717) is 28.6 Å². The Hall–Kier alpha value is -3.49. The normalized spacial score (nSPS) is 15.0. The molecule has 0 fully saturated rings. The first kappa shape index (κ1) is 19.3. The summed E-state index contributed by atoms with van der Waals surface area (Å²) >= 11 is 0. The maximum absolute atomic E-state index is 11.6. The largest absolute Gasteiger partial charge is 0.497 e. The van der Waals surface area contributed by atoms with E-state index in [0.717, 1.165) is 5.56 Å². The summed E-state index contributed by atoms with van der Waals surface area (Å²) in [5.41, 5.74) is 7.88. The number of amides is 1. The number of fused-ring (bicyclic) bond motifs is 1. The Bertz CT molecular complexity index is 907. The molecule has 148 valence electrons. The summed E-state index contributed by atoms with van der Waals surface area (Å²) in [6.07, 6.45) is -0.993. The van der Waals surface area contributed by atoms with Crippen LogP contribution < -0.4 is 25.3 Å². The summed E-state index contributed by atoms with van der Waals surface area (Å²) in [5.74, 6) is 2.04. The van der Waals surface area contributed by atoms with E-state index in [2.05, 4.69) is 15.3 Å². The van der Waals surface area contributed by atoms with Gasteiger partial charge in [-0.1, -0.05) is 0 Å². The molecule has 2 heterocycles. The van der Waals surface area contributed by atoms with Gasteiger partial charge in [0.2, 0.25) is 0 Å². The van der Waals surface area contributed by atoms with Gasteiger partial charge in [-0.3, -0.25) is 5.32 Å². The van der Waals surface area contributed by atoms with Crippen molar-refractivity contribution in [3.63, 3.8) is 0 Å². The zero-order valence-corrected chi connectivity index (χ0v) is 16.1. The van der Waals surface area contributed by atoms with E-state index in [1.54, 1.807) is 33.3 Å². The number of methoxy groups -OCH3 is 2. The fourth-order valence-corrected chi connectivity index (χ4v) is 2.78. The van der Waals surface area contributed by atoms with Gasteiger partial charge >= 0.3 is 6.09 Å². The summed E-state index contributed by atoms with van der Waals surface area (Å²) in [7, 11) is 3.16. The van der Waals surface area contributed by atoms with Crippen LogP contribution in [-0.4, -0.2) is 43.7 Å². The van der Waals surface area contributed by atoms with Crippen molar-refractivity contribution in [2.75, 3.05) is 31.9 Å². The third-order valence-corrected chi connectivity index (χ3v) is 4.06. The second-order valence-electron chi connectivity index (χ2n) is 5.94. The van der Waals surface area contributed by atoms with Crippen molar-refractivity contribution in [3.05, 3.63) is 29.8 Å². The minimum atomic E-state index is -0.620. The molecule has 1 aliphatic rings. The lowest BCUT2D eigenvalue weighted by atomic mass is 10.0. The monoisotopic (exact) mass is 386 g/mol. The van der Waals surface area contributed by atoms with Crippen LogP contribution in [0.3, 0.4) is 0 Å². The van der Waals surface area contributed by atoms with Gasteiger partial charge in [0.1, 0.15) is 29.1 Å². The predicted octanol–water partition coefficient (Wildman–Crippen LogP) is 3.15. The number of carbonyl (C=O) groups excluding carboxylic acids is 1. The van der Waals surface area contributed by atoms with Crippen LogP contribution >= 0.6 is 0 Å². The summed E-state index contributed by atoms with van der Waals surface area (Å²) < 4.78 is 21.5. The lowest BCUT2D eigenvalue weighted by molar-refractivity contribution is 0.168. The van der Waals surface area contributed by atoms with Gasteiger partial charge in [-0.05, 0) is 26.0 Å². The van der Waals surface area contributed by atoms with Crippen LogP contribution in [0.1, 0.15) is 19.4 Å². The SMILES string of the molecule is CCOC(=O)Nc1cc2c(c(N)n1)N=C(c1cc(OC)cc(OC)c1)[C@H](C)O2. The van der Waals surface area contributed by atoms with Crippen molar-refractivity contribution in [1.82, 2.24) is 4.98 Å². The van der Waals surface area contributed by atoms with E-state index in [4.69, 9.17) is 24.7 Å². The molecule has 3 N–H and O–H groups in total. The number of aromatic nitrogens is 1. The highest BCUT2D eigenvalue weighted by atomic mass is 16.5. The number of ether oxygens (including phenoxy) is 4. The lowest BCUT2D eigenvalue weighted by Crippen LogP contribution is -2.28. The molecule has 9 nitrogen and oxygen atoms in total. The van der Waals surface area contributed by atoms with Gasteiger partial charge in [-0.2, -0.15) is 0 Å². The minimum Gasteiger partial charge on any atom is -0.497 e.